The van der Waals surface area contributed by atoms with Crippen molar-refractivity contribution in [2.75, 3.05) is 20.1 Å². The van der Waals surface area contributed by atoms with Gasteiger partial charge in [-0.05, 0) is 67.0 Å². The fourth-order valence-corrected chi connectivity index (χ4v) is 4.57. The molecule has 0 radical (unpaired) electrons. The quantitative estimate of drug-likeness (QED) is 0.401. The maximum atomic E-state index is 4.80. The molecule has 1 unspecified atom stereocenters. The number of tetrazole rings is 1. The van der Waals surface area contributed by atoms with Crippen LogP contribution in [-0.4, -0.2) is 56.7 Å². The van der Waals surface area contributed by atoms with Gasteiger partial charge < -0.3 is 10.2 Å². The summed E-state index contributed by atoms with van der Waals surface area (Å²) in [7, 11) is 2.24. The number of hydrogen-bond acceptors (Lipinski definition) is 6. The molecule has 2 N–H and O–H groups in total. The Bertz CT molecular complexity index is 1160. The van der Waals surface area contributed by atoms with Gasteiger partial charge in [0.15, 0.2) is 5.82 Å². The van der Waals surface area contributed by atoms with Crippen LogP contribution in [0.4, 0.5) is 0 Å². The molecule has 5 rings (SSSR count). The van der Waals surface area contributed by atoms with Gasteiger partial charge in [0.25, 0.3) is 0 Å². The van der Waals surface area contributed by atoms with Crippen LogP contribution >= 0.6 is 0 Å². The highest BCUT2D eigenvalue weighted by Crippen LogP contribution is 2.33. The normalized spacial score (nSPS) is 16.3. The second-order valence-corrected chi connectivity index (χ2v) is 8.68. The summed E-state index contributed by atoms with van der Waals surface area (Å²) in [6, 6.07) is 21.8. The lowest BCUT2D eigenvalue weighted by Crippen LogP contribution is -2.28. The average molecular weight is 440 g/mol. The first-order chi connectivity index (χ1) is 16.3. The molecule has 0 spiro atoms. The smallest absolute Gasteiger partial charge is 0.180 e. The van der Waals surface area contributed by atoms with Crippen LogP contribution in [0.3, 0.4) is 0 Å². The van der Waals surface area contributed by atoms with E-state index in [0.717, 1.165) is 47.1 Å². The zero-order chi connectivity index (χ0) is 22.5. The van der Waals surface area contributed by atoms with Crippen LogP contribution in [0.5, 0.6) is 0 Å². The first-order valence-corrected chi connectivity index (χ1v) is 11.6. The fraction of sp³-hybridized carbons (Fsp3) is 0.308. The van der Waals surface area contributed by atoms with Crippen LogP contribution in [0.25, 0.3) is 33.8 Å². The van der Waals surface area contributed by atoms with E-state index in [1.807, 2.05) is 24.4 Å². The second-order valence-electron chi connectivity index (χ2n) is 8.68. The monoisotopic (exact) mass is 439 g/mol. The van der Waals surface area contributed by atoms with Gasteiger partial charge in [-0.1, -0.05) is 54.6 Å². The summed E-state index contributed by atoms with van der Waals surface area (Å²) in [6.45, 7) is 3.17. The molecular formula is C26H29N7. The number of rotatable bonds is 8. The Kier molecular flexibility index (Phi) is 6.51. The molecule has 1 fully saturated rings. The van der Waals surface area contributed by atoms with E-state index in [2.05, 4.69) is 80.4 Å². The molecule has 1 saturated heterocycles. The number of nitrogens with zero attached hydrogens (tertiary/aromatic N) is 5. The fourth-order valence-electron chi connectivity index (χ4n) is 4.57. The van der Waals surface area contributed by atoms with E-state index in [0.29, 0.717) is 5.82 Å². The van der Waals surface area contributed by atoms with Crippen molar-refractivity contribution in [2.45, 2.75) is 31.8 Å². The number of pyridine rings is 1. The van der Waals surface area contributed by atoms with E-state index in [1.54, 1.807) is 0 Å². The van der Waals surface area contributed by atoms with Gasteiger partial charge in [-0.3, -0.25) is 4.98 Å². The third kappa shape index (κ3) is 4.99. The van der Waals surface area contributed by atoms with Crippen LogP contribution in [-0.2, 0) is 6.54 Å². The summed E-state index contributed by atoms with van der Waals surface area (Å²) in [4.78, 5) is 7.29. The Morgan fingerprint density at radius 1 is 1.03 bits per heavy atom. The average Bonchev–Trinajstić information content (AvgIpc) is 3.55. The van der Waals surface area contributed by atoms with Gasteiger partial charge in [0.2, 0.25) is 0 Å². The minimum absolute atomic E-state index is 0.608. The van der Waals surface area contributed by atoms with Crippen molar-refractivity contribution < 1.29 is 0 Å². The van der Waals surface area contributed by atoms with E-state index in [9.17, 15) is 0 Å². The molecule has 0 amide bonds. The summed E-state index contributed by atoms with van der Waals surface area (Å²) in [5.74, 6) is 0.608. The molecule has 7 heteroatoms. The van der Waals surface area contributed by atoms with E-state index in [4.69, 9.17) is 4.98 Å². The standard InChI is InChI=1S/C26H29N7/c1-33-15-5-8-23(33)13-14-27-17-19-9-11-21(12-10-19)25-24(20-6-3-2-4-7-20)16-22(18-28-25)26-29-31-32-30-26/h2-4,6-7,9-12,16,18,23,27H,5,8,13-15,17H2,1H3,(H,29,30,31,32). The van der Waals surface area contributed by atoms with Gasteiger partial charge in [0.1, 0.15) is 0 Å². The first-order valence-electron chi connectivity index (χ1n) is 11.6. The molecule has 0 aliphatic carbocycles. The van der Waals surface area contributed by atoms with Gasteiger partial charge in [0, 0.05) is 35.5 Å². The number of H-pyrrole nitrogens is 1. The maximum Gasteiger partial charge on any atom is 0.180 e. The highest BCUT2D eigenvalue weighted by Gasteiger charge is 2.19. The number of aromatic nitrogens is 5. The number of nitrogens with one attached hydrogen (secondary N) is 2. The van der Waals surface area contributed by atoms with Gasteiger partial charge in [-0.15, -0.1) is 5.10 Å². The number of aromatic amines is 1. The summed E-state index contributed by atoms with van der Waals surface area (Å²) < 4.78 is 0. The highest BCUT2D eigenvalue weighted by molar-refractivity contribution is 5.83. The predicted octanol–water partition coefficient (Wildman–Crippen LogP) is 4.17. The second kappa shape index (κ2) is 10.0. The molecule has 2 aromatic heterocycles. The first kappa shape index (κ1) is 21.4. The van der Waals surface area contributed by atoms with Crippen molar-refractivity contribution in [1.29, 1.82) is 0 Å². The van der Waals surface area contributed by atoms with Crippen LogP contribution in [0, 0.1) is 0 Å². The zero-order valence-electron chi connectivity index (χ0n) is 18.9. The zero-order valence-corrected chi connectivity index (χ0v) is 18.9. The van der Waals surface area contributed by atoms with E-state index in [1.165, 1.54) is 31.4 Å². The van der Waals surface area contributed by atoms with Gasteiger partial charge >= 0.3 is 0 Å². The number of benzene rings is 2. The van der Waals surface area contributed by atoms with Crippen LogP contribution < -0.4 is 5.32 Å². The molecule has 168 valence electrons. The Labute approximate surface area is 194 Å². The summed E-state index contributed by atoms with van der Waals surface area (Å²) in [5.41, 5.74) is 6.34. The maximum absolute atomic E-state index is 4.80. The lowest BCUT2D eigenvalue weighted by Gasteiger charge is -2.19. The van der Waals surface area contributed by atoms with Crippen molar-refractivity contribution in [1.82, 2.24) is 35.8 Å². The van der Waals surface area contributed by atoms with Crippen LogP contribution in [0.1, 0.15) is 24.8 Å². The van der Waals surface area contributed by atoms with Gasteiger partial charge in [-0.2, -0.15) is 0 Å². The van der Waals surface area contributed by atoms with Crippen molar-refractivity contribution in [3.63, 3.8) is 0 Å². The Hall–Kier alpha value is -3.42. The molecule has 4 aromatic rings. The lowest BCUT2D eigenvalue weighted by atomic mass is 9.97. The molecular weight excluding hydrogens is 410 g/mol. The van der Waals surface area contributed by atoms with Crippen molar-refractivity contribution >= 4 is 0 Å². The topological polar surface area (TPSA) is 82.6 Å². The van der Waals surface area contributed by atoms with Crippen LogP contribution in [0.2, 0.25) is 0 Å². The number of likely N-dealkylation sites (tertiary alicyclic amines) is 1. The Morgan fingerprint density at radius 2 is 1.88 bits per heavy atom. The predicted molar refractivity (Wildman–Crippen MR) is 130 cm³/mol. The van der Waals surface area contributed by atoms with Crippen molar-refractivity contribution in [3.8, 4) is 33.8 Å². The van der Waals surface area contributed by atoms with E-state index in [-0.39, 0.29) is 0 Å². The van der Waals surface area contributed by atoms with E-state index >= 15 is 0 Å². The molecule has 33 heavy (non-hydrogen) atoms. The Morgan fingerprint density at radius 3 is 2.61 bits per heavy atom. The molecule has 1 aliphatic rings. The molecule has 1 atom stereocenters. The molecule has 0 saturated carbocycles. The van der Waals surface area contributed by atoms with Crippen molar-refractivity contribution in [2.24, 2.45) is 0 Å². The van der Waals surface area contributed by atoms with Crippen LogP contribution in [0.15, 0.2) is 66.9 Å². The summed E-state index contributed by atoms with van der Waals surface area (Å²) in [5, 5.41) is 17.8. The van der Waals surface area contributed by atoms with Gasteiger partial charge in [-0.25, -0.2) is 5.10 Å². The summed E-state index contributed by atoms with van der Waals surface area (Å²) in [6.07, 6.45) is 5.69. The Balaban J connectivity index is 1.32. The van der Waals surface area contributed by atoms with Crippen molar-refractivity contribution in [3.05, 3.63) is 72.4 Å². The highest BCUT2D eigenvalue weighted by atomic mass is 15.5. The van der Waals surface area contributed by atoms with Gasteiger partial charge in [0.05, 0.1) is 5.69 Å². The third-order valence-electron chi connectivity index (χ3n) is 6.47. The molecule has 7 nitrogen and oxygen atoms in total. The minimum atomic E-state index is 0.608. The molecule has 0 bridgehead atoms. The number of hydrogen-bond donors (Lipinski definition) is 2. The van der Waals surface area contributed by atoms with E-state index < -0.39 is 0 Å². The molecule has 3 heterocycles. The largest absolute Gasteiger partial charge is 0.313 e. The molecule has 2 aromatic carbocycles. The lowest BCUT2D eigenvalue weighted by molar-refractivity contribution is 0.293. The summed E-state index contributed by atoms with van der Waals surface area (Å²) >= 11 is 0. The minimum Gasteiger partial charge on any atom is -0.313 e. The SMILES string of the molecule is CN1CCCC1CCNCc1ccc(-c2ncc(-c3nnn[nH]3)cc2-c2ccccc2)cc1. The molecule has 1 aliphatic heterocycles. The third-order valence-corrected chi connectivity index (χ3v) is 6.47.